The van der Waals surface area contributed by atoms with Crippen LogP contribution in [-0.4, -0.2) is 42.3 Å². The van der Waals surface area contributed by atoms with Crippen LogP contribution in [0.4, 0.5) is 0 Å². The van der Waals surface area contributed by atoms with Crippen molar-refractivity contribution in [1.82, 2.24) is 10.2 Å². The molecule has 0 saturated carbocycles. The number of nitrogens with zero attached hydrogens (tertiary/aromatic N) is 1. The van der Waals surface area contributed by atoms with Gasteiger partial charge in [-0.05, 0) is 24.3 Å². The van der Waals surface area contributed by atoms with Gasteiger partial charge in [0, 0.05) is 26.1 Å². The molecule has 1 aromatic heterocycles. The van der Waals surface area contributed by atoms with Crippen molar-refractivity contribution in [2.45, 2.75) is 25.8 Å². The van der Waals surface area contributed by atoms with E-state index >= 15 is 0 Å². The van der Waals surface area contributed by atoms with Gasteiger partial charge in [0.25, 0.3) is 0 Å². The number of hydrogen-bond acceptors (Lipinski definition) is 4. The molecule has 1 aromatic rings. The van der Waals surface area contributed by atoms with Gasteiger partial charge in [-0.3, -0.25) is 14.5 Å². The number of carbonyl (C=O) groups is 2. The summed E-state index contributed by atoms with van der Waals surface area (Å²) < 4.78 is 0. The van der Waals surface area contributed by atoms with E-state index in [4.69, 9.17) is 0 Å². The Bertz CT molecular complexity index is 409. The molecule has 0 aromatic carbocycles. The highest BCUT2D eigenvalue weighted by atomic mass is 32.1. The van der Waals surface area contributed by atoms with Crippen molar-refractivity contribution >= 4 is 23.0 Å². The normalized spacial score (nSPS) is 17.6. The van der Waals surface area contributed by atoms with Gasteiger partial charge in [0.15, 0.2) is 5.78 Å². The minimum atomic E-state index is 0.0307. The van der Waals surface area contributed by atoms with Gasteiger partial charge >= 0.3 is 0 Å². The molecule has 2 rings (SSSR count). The maximum absolute atomic E-state index is 11.9. The van der Waals surface area contributed by atoms with Gasteiger partial charge in [-0.15, -0.1) is 11.3 Å². The Labute approximate surface area is 111 Å². The first-order valence-corrected chi connectivity index (χ1v) is 7.09. The summed E-state index contributed by atoms with van der Waals surface area (Å²) in [6.07, 6.45) is 1.86. The quantitative estimate of drug-likeness (QED) is 0.841. The zero-order chi connectivity index (χ0) is 13.0. The van der Waals surface area contributed by atoms with E-state index in [1.54, 1.807) is 6.92 Å². The summed E-state index contributed by atoms with van der Waals surface area (Å²) in [4.78, 5) is 25.9. The maximum Gasteiger partial charge on any atom is 0.217 e. The standard InChI is InChI=1S/C13H18N2O2S/c1-10(16)14-11-4-6-15(7-5-11)9-12(17)13-3-2-8-18-13/h2-3,8,11H,4-7,9H2,1H3,(H,14,16). The molecule has 2 heterocycles. The first kappa shape index (κ1) is 13.2. The number of thiophene rings is 1. The molecule has 18 heavy (non-hydrogen) atoms. The summed E-state index contributed by atoms with van der Waals surface area (Å²) in [5.74, 6) is 0.228. The summed E-state index contributed by atoms with van der Waals surface area (Å²) in [7, 11) is 0. The number of Topliss-reactive ketones (excluding diaryl/α,β-unsaturated/α-hetero) is 1. The number of carbonyl (C=O) groups excluding carboxylic acids is 2. The Balaban J connectivity index is 1.77. The predicted molar refractivity (Wildman–Crippen MR) is 71.9 cm³/mol. The van der Waals surface area contributed by atoms with Crippen LogP contribution >= 0.6 is 11.3 Å². The zero-order valence-electron chi connectivity index (χ0n) is 10.5. The van der Waals surface area contributed by atoms with Crippen LogP contribution in [0.15, 0.2) is 17.5 Å². The van der Waals surface area contributed by atoms with Crippen LogP contribution in [-0.2, 0) is 4.79 Å². The molecule has 0 spiro atoms. The molecule has 0 radical (unpaired) electrons. The van der Waals surface area contributed by atoms with Crippen molar-refractivity contribution in [3.05, 3.63) is 22.4 Å². The number of nitrogens with one attached hydrogen (secondary N) is 1. The van der Waals surface area contributed by atoms with Gasteiger partial charge in [-0.2, -0.15) is 0 Å². The fraction of sp³-hybridized carbons (Fsp3) is 0.538. The average molecular weight is 266 g/mol. The van der Waals surface area contributed by atoms with E-state index in [2.05, 4.69) is 10.2 Å². The number of piperidine rings is 1. The third kappa shape index (κ3) is 3.65. The van der Waals surface area contributed by atoms with Crippen molar-refractivity contribution in [2.75, 3.05) is 19.6 Å². The molecule has 1 aliphatic heterocycles. The van der Waals surface area contributed by atoms with Crippen LogP contribution in [0.25, 0.3) is 0 Å². The number of amides is 1. The molecular weight excluding hydrogens is 248 g/mol. The van der Waals surface area contributed by atoms with Crippen molar-refractivity contribution in [3.63, 3.8) is 0 Å². The second-order valence-electron chi connectivity index (χ2n) is 4.65. The third-order valence-corrected chi connectivity index (χ3v) is 4.07. The highest BCUT2D eigenvalue weighted by Crippen LogP contribution is 2.14. The third-order valence-electron chi connectivity index (χ3n) is 3.16. The summed E-state index contributed by atoms with van der Waals surface area (Å²) in [5.41, 5.74) is 0. The van der Waals surface area contributed by atoms with E-state index in [0.29, 0.717) is 6.54 Å². The summed E-state index contributed by atoms with van der Waals surface area (Å²) in [6, 6.07) is 4.05. The Hall–Kier alpha value is -1.20. The maximum atomic E-state index is 11.9. The summed E-state index contributed by atoms with van der Waals surface area (Å²) >= 11 is 1.50. The Morgan fingerprint density at radius 2 is 2.17 bits per heavy atom. The molecule has 1 saturated heterocycles. The summed E-state index contributed by atoms with van der Waals surface area (Å²) in [5, 5.41) is 4.86. The molecule has 5 heteroatoms. The first-order chi connectivity index (χ1) is 8.65. The topological polar surface area (TPSA) is 49.4 Å². The lowest BCUT2D eigenvalue weighted by Gasteiger charge is -2.31. The molecule has 1 aliphatic rings. The van der Waals surface area contributed by atoms with Crippen molar-refractivity contribution in [2.24, 2.45) is 0 Å². The smallest absolute Gasteiger partial charge is 0.217 e. The van der Waals surface area contributed by atoms with E-state index in [9.17, 15) is 9.59 Å². The molecular formula is C13H18N2O2S. The van der Waals surface area contributed by atoms with Gasteiger partial charge in [-0.1, -0.05) is 6.07 Å². The fourth-order valence-electron chi connectivity index (χ4n) is 2.24. The largest absolute Gasteiger partial charge is 0.354 e. The Kier molecular flexibility index (Phi) is 4.49. The van der Waals surface area contributed by atoms with E-state index in [0.717, 1.165) is 30.8 Å². The molecule has 0 unspecified atom stereocenters. The van der Waals surface area contributed by atoms with E-state index in [1.807, 2.05) is 17.5 Å². The van der Waals surface area contributed by atoms with Crippen molar-refractivity contribution < 1.29 is 9.59 Å². The highest BCUT2D eigenvalue weighted by molar-refractivity contribution is 7.12. The monoisotopic (exact) mass is 266 g/mol. The minimum absolute atomic E-state index is 0.0307. The minimum Gasteiger partial charge on any atom is -0.354 e. The molecule has 4 nitrogen and oxygen atoms in total. The lowest BCUT2D eigenvalue weighted by molar-refractivity contribution is -0.119. The lowest BCUT2D eigenvalue weighted by Crippen LogP contribution is -2.45. The van der Waals surface area contributed by atoms with Gasteiger partial charge < -0.3 is 5.32 Å². The molecule has 1 fully saturated rings. The van der Waals surface area contributed by atoms with Gasteiger partial charge in [0.1, 0.15) is 0 Å². The van der Waals surface area contributed by atoms with Crippen LogP contribution < -0.4 is 5.32 Å². The number of likely N-dealkylation sites (tertiary alicyclic amines) is 1. The highest BCUT2D eigenvalue weighted by Gasteiger charge is 2.21. The first-order valence-electron chi connectivity index (χ1n) is 6.21. The molecule has 1 amide bonds. The molecule has 1 N–H and O–H groups in total. The van der Waals surface area contributed by atoms with Gasteiger partial charge in [-0.25, -0.2) is 0 Å². The number of ketones is 1. The van der Waals surface area contributed by atoms with Crippen molar-refractivity contribution in [1.29, 1.82) is 0 Å². The fourth-order valence-corrected chi connectivity index (χ4v) is 2.90. The summed E-state index contributed by atoms with van der Waals surface area (Å²) in [6.45, 7) is 3.80. The van der Waals surface area contributed by atoms with E-state index in [-0.39, 0.29) is 17.7 Å². The number of rotatable bonds is 4. The van der Waals surface area contributed by atoms with E-state index < -0.39 is 0 Å². The van der Waals surface area contributed by atoms with Crippen LogP contribution in [0.2, 0.25) is 0 Å². The van der Waals surface area contributed by atoms with Crippen molar-refractivity contribution in [3.8, 4) is 0 Å². The predicted octanol–water partition coefficient (Wildman–Crippen LogP) is 1.53. The van der Waals surface area contributed by atoms with E-state index in [1.165, 1.54) is 11.3 Å². The molecule has 0 aliphatic carbocycles. The molecule has 0 atom stereocenters. The second-order valence-corrected chi connectivity index (χ2v) is 5.60. The van der Waals surface area contributed by atoms with Crippen LogP contribution in [0.1, 0.15) is 29.4 Å². The Morgan fingerprint density at radius 1 is 1.44 bits per heavy atom. The SMILES string of the molecule is CC(=O)NC1CCN(CC(=O)c2cccs2)CC1. The molecule has 0 bridgehead atoms. The van der Waals surface area contributed by atoms with Gasteiger partial charge in [0.05, 0.1) is 11.4 Å². The molecule has 98 valence electrons. The second kappa shape index (κ2) is 6.11. The Morgan fingerprint density at radius 3 is 2.72 bits per heavy atom. The average Bonchev–Trinajstić information content (AvgIpc) is 2.84. The number of hydrogen-bond donors (Lipinski definition) is 1. The van der Waals surface area contributed by atoms with Gasteiger partial charge in [0.2, 0.25) is 5.91 Å². The van der Waals surface area contributed by atoms with Crippen LogP contribution in [0, 0.1) is 0 Å². The zero-order valence-corrected chi connectivity index (χ0v) is 11.3. The van der Waals surface area contributed by atoms with Crippen LogP contribution in [0.5, 0.6) is 0 Å². The lowest BCUT2D eigenvalue weighted by atomic mass is 10.0. The van der Waals surface area contributed by atoms with Crippen LogP contribution in [0.3, 0.4) is 0 Å².